The highest BCUT2D eigenvalue weighted by atomic mass is 32.2. The van der Waals surface area contributed by atoms with Crippen LogP contribution in [0.2, 0.25) is 0 Å². The third kappa shape index (κ3) is 3.54. The van der Waals surface area contributed by atoms with Crippen LogP contribution in [-0.2, 0) is 16.0 Å². The summed E-state index contributed by atoms with van der Waals surface area (Å²) in [6.07, 6.45) is 5.03. The lowest BCUT2D eigenvalue weighted by Crippen LogP contribution is -2.33. The number of esters is 1. The van der Waals surface area contributed by atoms with Gasteiger partial charge in [-0.15, -0.1) is 11.3 Å². The van der Waals surface area contributed by atoms with Gasteiger partial charge in [-0.1, -0.05) is 6.92 Å². The van der Waals surface area contributed by atoms with Gasteiger partial charge in [0.1, 0.15) is 5.92 Å². The van der Waals surface area contributed by atoms with E-state index in [4.69, 9.17) is 9.72 Å². The molecule has 0 amide bonds. The first-order valence-electron chi connectivity index (χ1n) is 7.50. The van der Waals surface area contributed by atoms with E-state index in [9.17, 15) is 4.79 Å². The quantitative estimate of drug-likeness (QED) is 0.718. The Bertz CT molecular complexity index is 490. The lowest BCUT2D eigenvalue weighted by atomic mass is 10.1. The van der Waals surface area contributed by atoms with E-state index in [0.717, 1.165) is 35.8 Å². The molecule has 1 aliphatic carbocycles. The fourth-order valence-electron chi connectivity index (χ4n) is 2.69. The zero-order chi connectivity index (χ0) is 15.4. The van der Waals surface area contributed by atoms with Crippen molar-refractivity contribution in [3.63, 3.8) is 0 Å². The van der Waals surface area contributed by atoms with E-state index in [1.165, 1.54) is 4.88 Å². The Balaban J connectivity index is 2.15. The van der Waals surface area contributed by atoms with Crippen LogP contribution < -0.4 is 4.90 Å². The van der Waals surface area contributed by atoms with Crippen molar-refractivity contribution in [2.75, 3.05) is 30.6 Å². The zero-order valence-electron chi connectivity index (χ0n) is 13.2. The molecule has 0 bridgehead atoms. The van der Waals surface area contributed by atoms with Crippen molar-refractivity contribution in [2.45, 2.75) is 45.1 Å². The highest BCUT2D eigenvalue weighted by molar-refractivity contribution is 7.98. The van der Waals surface area contributed by atoms with Crippen LogP contribution in [0.25, 0.3) is 0 Å². The predicted octanol–water partition coefficient (Wildman–Crippen LogP) is 3.31. The third-order valence-corrected chi connectivity index (χ3v) is 5.90. The molecular weight excluding hydrogens is 304 g/mol. The van der Waals surface area contributed by atoms with Crippen molar-refractivity contribution < 1.29 is 9.53 Å². The molecule has 21 heavy (non-hydrogen) atoms. The van der Waals surface area contributed by atoms with Gasteiger partial charge >= 0.3 is 5.97 Å². The number of nitrogens with zero attached hydrogens (tertiary/aromatic N) is 2. The van der Waals surface area contributed by atoms with Crippen LogP contribution in [0, 0.1) is 0 Å². The van der Waals surface area contributed by atoms with E-state index >= 15 is 0 Å². The molecule has 1 heterocycles. The molecule has 0 spiro atoms. The van der Waals surface area contributed by atoms with E-state index in [1.807, 2.05) is 18.7 Å². The SMILES string of the molecule is CCOC(=O)C1CCc2sc(N(C)C(CC)CSC)nc21. The summed E-state index contributed by atoms with van der Waals surface area (Å²) in [5.41, 5.74) is 0.958. The van der Waals surface area contributed by atoms with E-state index in [1.54, 1.807) is 11.3 Å². The lowest BCUT2D eigenvalue weighted by Gasteiger charge is -2.26. The minimum atomic E-state index is -0.154. The maximum absolute atomic E-state index is 12.0. The first kappa shape index (κ1) is 16.6. The molecule has 0 aromatic carbocycles. The number of rotatable bonds is 7. The molecule has 4 nitrogen and oxygen atoms in total. The number of hydrogen-bond acceptors (Lipinski definition) is 6. The van der Waals surface area contributed by atoms with E-state index in [-0.39, 0.29) is 11.9 Å². The average molecular weight is 329 g/mol. The van der Waals surface area contributed by atoms with Crippen LogP contribution in [-0.4, -0.2) is 42.7 Å². The van der Waals surface area contributed by atoms with Gasteiger partial charge in [-0.3, -0.25) is 4.79 Å². The van der Waals surface area contributed by atoms with Crippen LogP contribution in [0.4, 0.5) is 5.13 Å². The van der Waals surface area contributed by atoms with Gasteiger partial charge in [0.05, 0.1) is 12.3 Å². The lowest BCUT2D eigenvalue weighted by molar-refractivity contribution is -0.145. The molecule has 1 aromatic rings. The summed E-state index contributed by atoms with van der Waals surface area (Å²) in [6.45, 7) is 4.50. The fraction of sp³-hybridized carbons (Fsp3) is 0.733. The number of thiazole rings is 1. The number of aryl methyl sites for hydroxylation is 1. The number of ether oxygens (including phenoxy) is 1. The van der Waals surface area contributed by atoms with Crippen molar-refractivity contribution in [1.29, 1.82) is 0 Å². The molecule has 0 fully saturated rings. The second-order valence-corrected chi connectivity index (χ2v) is 7.25. The molecule has 2 rings (SSSR count). The van der Waals surface area contributed by atoms with Gasteiger partial charge in [0.15, 0.2) is 5.13 Å². The van der Waals surface area contributed by atoms with E-state index < -0.39 is 0 Å². The summed E-state index contributed by atoms with van der Waals surface area (Å²) in [7, 11) is 2.11. The predicted molar refractivity (Wildman–Crippen MR) is 90.7 cm³/mol. The summed E-state index contributed by atoms with van der Waals surface area (Å²) in [4.78, 5) is 20.3. The van der Waals surface area contributed by atoms with Gasteiger partial charge in [0, 0.05) is 23.7 Å². The van der Waals surface area contributed by atoms with Crippen molar-refractivity contribution in [1.82, 2.24) is 4.98 Å². The Morgan fingerprint density at radius 2 is 2.33 bits per heavy atom. The number of aromatic nitrogens is 1. The van der Waals surface area contributed by atoms with Crippen molar-refractivity contribution in [2.24, 2.45) is 0 Å². The Hall–Kier alpha value is -0.750. The zero-order valence-corrected chi connectivity index (χ0v) is 14.9. The molecule has 118 valence electrons. The van der Waals surface area contributed by atoms with Crippen molar-refractivity contribution in [3.8, 4) is 0 Å². The monoisotopic (exact) mass is 328 g/mol. The van der Waals surface area contributed by atoms with E-state index in [0.29, 0.717) is 12.6 Å². The van der Waals surface area contributed by atoms with Crippen molar-refractivity contribution in [3.05, 3.63) is 10.6 Å². The van der Waals surface area contributed by atoms with Gasteiger partial charge in [-0.25, -0.2) is 4.98 Å². The van der Waals surface area contributed by atoms with Crippen LogP contribution in [0.3, 0.4) is 0 Å². The van der Waals surface area contributed by atoms with Crippen molar-refractivity contribution >= 4 is 34.2 Å². The maximum atomic E-state index is 12.0. The Kier molecular flexibility index (Phi) is 5.93. The smallest absolute Gasteiger partial charge is 0.315 e. The molecular formula is C15H24N2O2S2. The Morgan fingerprint density at radius 1 is 1.57 bits per heavy atom. The average Bonchev–Trinajstić information content (AvgIpc) is 3.04. The van der Waals surface area contributed by atoms with Crippen LogP contribution in [0.5, 0.6) is 0 Å². The summed E-state index contributed by atoms with van der Waals surface area (Å²) in [6, 6.07) is 0.493. The number of anilines is 1. The minimum Gasteiger partial charge on any atom is -0.465 e. The van der Waals surface area contributed by atoms with Gasteiger partial charge in [-0.2, -0.15) is 11.8 Å². The Morgan fingerprint density at radius 3 is 2.95 bits per heavy atom. The summed E-state index contributed by atoms with van der Waals surface area (Å²) < 4.78 is 5.17. The number of carbonyl (C=O) groups excluding carboxylic acids is 1. The first-order valence-corrected chi connectivity index (χ1v) is 9.71. The normalized spacial score (nSPS) is 18.4. The molecule has 2 atom stereocenters. The number of thioether (sulfide) groups is 1. The molecule has 2 unspecified atom stereocenters. The molecule has 0 N–H and O–H groups in total. The topological polar surface area (TPSA) is 42.4 Å². The Labute approximate surface area is 135 Å². The van der Waals surface area contributed by atoms with Crippen LogP contribution >= 0.6 is 23.1 Å². The number of fused-ring (bicyclic) bond motifs is 1. The molecule has 0 radical (unpaired) electrons. The number of hydrogen-bond donors (Lipinski definition) is 0. The summed E-state index contributed by atoms with van der Waals surface area (Å²) in [5, 5.41) is 1.04. The molecule has 0 saturated carbocycles. The number of carbonyl (C=O) groups is 1. The second kappa shape index (κ2) is 7.49. The van der Waals surface area contributed by atoms with Gasteiger partial charge in [-0.05, 0) is 32.4 Å². The fourth-order valence-corrected chi connectivity index (χ4v) is 4.70. The molecule has 1 aromatic heterocycles. The standard InChI is InChI=1S/C15H24N2O2S2/c1-5-10(9-20-4)17(3)15-16-13-11(14(18)19-6-2)7-8-12(13)21-15/h10-11H,5-9H2,1-4H3. The molecule has 6 heteroatoms. The van der Waals surface area contributed by atoms with Gasteiger partial charge < -0.3 is 9.64 Å². The molecule has 1 aliphatic rings. The molecule has 0 saturated heterocycles. The highest BCUT2D eigenvalue weighted by Gasteiger charge is 2.34. The third-order valence-electron chi connectivity index (χ3n) is 3.96. The largest absolute Gasteiger partial charge is 0.465 e. The van der Waals surface area contributed by atoms with Crippen LogP contribution in [0.15, 0.2) is 0 Å². The summed E-state index contributed by atoms with van der Waals surface area (Å²) >= 11 is 3.60. The first-order chi connectivity index (χ1) is 10.1. The van der Waals surface area contributed by atoms with Crippen LogP contribution in [0.1, 0.15) is 43.2 Å². The molecule has 0 aliphatic heterocycles. The second-order valence-electron chi connectivity index (χ2n) is 5.28. The highest BCUT2D eigenvalue weighted by Crippen LogP contribution is 2.40. The van der Waals surface area contributed by atoms with Gasteiger partial charge in [0.2, 0.25) is 0 Å². The van der Waals surface area contributed by atoms with E-state index in [2.05, 4.69) is 25.1 Å². The maximum Gasteiger partial charge on any atom is 0.315 e. The minimum absolute atomic E-state index is 0.119. The van der Waals surface area contributed by atoms with Gasteiger partial charge in [0.25, 0.3) is 0 Å². The summed E-state index contributed by atoms with van der Waals surface area (Å²) in [5.74, 6) is 0.823.